The van der Waals surface area contributed by atoms with Crippen LogP contribution in [0.15, 0.2) is 40.3 Å². The fourth-order valence-electron chi connectivity index (χ4n) is 1.44. The Kier molecular flexibility index (Phi) is 3.33. The summed E-state index contributed by atoms with van der Waals surface area (Å²) in [6, 6.07) is 9.57. The summed E-state index contributed by atoms with van der Waals surface area (Å²) in [5.41, 5.74) is 5.40. The molecule has 0 aliphatic rings. The lowest BCUT2D eigenvalue weighted by molar-refractivity contribution is 1.04. The predicted molar refractivity (Wildman–Crippen MR) is 68.5 cm³/mol. The molecule has 0 radical (unpaired) electrons. The first-order chi connectivity index (χ1) is 8.70. The molecular formula is C11H11N5O2. The maximum atomic E-state index is 11.4. The predicted octanol–water partition coefficient (Wildman–Crippen LogP) is 1.36. The van der Waals surface area contributed by atoms with Crippen LogP contribution in [0, 0.1) is 4.91 Å². The Balaban J connectivity index is 2.16. The summed E-state index contributed by atoms with van der Waals surface area (Å²) in [7, 11) is 0. The number of H-pyrrole nitrogens is 1. The monoisotopic (exact) mass is 245 g/mol. The minimum atomic E-state index is -0.659. The first-order valence-electron chi connectivity index (χ1n) is 5.21. The van der Waals surface area contributed by atoms with Gasteiger partial charge in [-0.2, -0.15) is 4.98 Å². The molecule has 0 saturated heterocycles. The highest BCUT2D eigenvalue weighted by Gasteiger charge is 2.08. The smallest absolute Gasteiger partial charge is 0.284 e. The SMILES string of the molecule is Nc1nc(NCc2ccccc2)[nH]c(=O)c1N=O. The van der Waals surface area contributed by atoms with Crippen molar-refractivity contribution < 1.29 is 0 Å². The van der Waals surface area contributed by atoms with Crippen LogP contribution < -0.4 is 16.6 Å². The molecule has 1 aromatic carbocycles. The van der Waals surface area contributed by atoms with Gasteiger partial charge in [0.2, 0.25) is 11.6 Å². The van der Waals surface area contributed by atoms with Crippen LogP contribution in [0.4, 0.5) is 17.5 Å². The standard InChI is InChI=1S/C11H11N5O2/c12-9-8(16-18)10(17)15-11(14-9)13-6-7-4-2-1-3-5-7/h1-5H,6H2,(H4,12,13,14,15,17). The molecule has 4 N–H and O–H groups in total. The minimum absolute atomic E-state index is 0.190. The zero-order valence-electron chi connectivity index (χ0n) is 9.38. The van der Waals surface area contributed by atoms with Crippen LogP contribution in [0.25, 0.3) is 0 Å². The van der Waals surface area contributed by atoms with E-state index >= 15 is 0 Å². The third kappa shape index (κ3) is 2.51. The van der Waals surface area contributed by atoms with Gasteiger partial charge in [0.1, 0.15) is 0 Å². The fourth-order valence-corrected chi connectivity index (χ4v) is 1.44. The van der Waals surface area contributed by atoms with Gasteiger partial charge in [-0.3, -0.25) is 9.78 Å². The van der Waals surface area contributed by atoms with Crippen molar-refractivity contribution in [1.29, 1.82) is 0 Å². The molecule has 0 aliphatic carbocycles. The number of nitrogens with one attached hydrogen (secondary N) is 2. The van der Waals surface area contributed by atoms with Gasteiger partial charge in [-0.15, -0.1) is 4.91 Å². The van der Waals surface area contributed by atoms with Gasteiger partial charge in [0.25, 0.3) is 5.56 Å². The van der Waals surface area contributed by atoms with Crippen molar-refractivity contribution in [3.8, 4) is 0 Å². The van der Waals surface area contributed by atoms with E-state index in [1.54, 1.807) is 0 Å². The number of nitrogen functional groups attached to an aromatic ring is 1. The highest BCUT2D eigenvalue weighted by molar-refractivity contribution is 5.57. The molecule has 0 unspecified atom stereocenters. The second kappa shape index (κ2) is 5.09. The van der Waals surface area contributed by atoms with Crippen molar-refractivity contribution in [3.05, 3.63) is 51.2 Å². The van der Waals surface area contributed by atoms with Gasteiger partial charge in [0.05, 0.1) is 0 Å². The summed E-state index contributed by atoms with van der Waals surface area (Å²) in [5, 5.41) is 5.42. The van der Waals surface area contributed by atoms with Crippen LogP contribution in [0.3, 0.4) is 0 Å². The molecule has 0 fully saturated rings. The van der Waals surface area contributed by atoms with Crippen molar-refractivity contribution in [3.63, 3.8) is 0 Å². The third-order valence-corrected chi connectivity index (χ3v) is 2.32. The van der Waals surface area contributed by atoms with Crippen molar-refractivity contribution in [1.82, 2.24) is 9.97 Å². The Bertz CT molecular complexity index is 609. The molecule has 7 nitrogen and oxygen atoms in total. The topological polar surface area (TPSA) is 113 Å². The molecule has 0 bridgehead atoms. The van der Waals surface area contributed by atoms with Crippen LogP contribution >= 0.6 is 0 Å². The molecule has 92 valence electrons. The lowest BCUT2D eigenvalue weighted by Crippen LogP contribution is -2.14. The maximum absolute atomic E-state index is 11.4. The average Bonchev–Trinajstić information content (AvgIpc) is 2.37. The van der Waals surface area contributed by atoms with E-state index in [2.05, 4.69) is 20.5 Å². The highest BCUT2D eigenvalue weighted by atomic mass is 16.3. The number of anilines is 2. The van der Waals surface area contributed by atoms with Gasteiger partial charge in [-0.1, -0.05) is 30.3 Å². The van der Waals surface area contributed by atoms with Gasteiger partial charge in [-0.25, -0.2) is 0 Å². The quantitative estimate of drug-likeness (QED) is 0.704. The third-order valence-electron chi connectivity index (χ3n) is 2.32. The number of aromatic nitrogens is 2. The van der Waals surface area contributed by atoms with E-state index in [1.165, 1.54) is 0 Å². The van der Waals surface area contributed by atoms with Gasteiger partial charge in [0.15, 0.2) is 5.82 Å². The molecule has 0 atom stereocenters. The molecule has 7 heteroatoms. The summed E-state index contributed by atoms with van der Waals surface area (Å²) >= 11 is 0. The van der Waals surface area contributed by atoms with Crippen LogP contribution in [0.2, 0.25) is 0 Å². The van der Waals surface area contributed by atoms with Crippen molar-refractivity contribution in [2.24, 2.45) is 5.18 Å². The van der Waals surface area contributed by atoms with Gasteiger partial charge in [0, 0.05) is 6.54 Å². The van der Waals surface area contributed by atoms with Crippen LogP contribution in [-0.2, 0) is 6.54 Å². The zero-order chi connectivity index (χ0) is 13.0. The molecule has 0 spiro atoms. The van der Waals surface area contributed by atoms with Gasteiger partial charge in [-0.05, 0) is 10.7 Å². The number of benzene rings is 1. The molecule has 1 heterocycles. The molecular weight excluding hydrogens is 234 g/mol. The van der Waals surface area contributed by atoms with E-state index in [1.807, 2.05) is 30.3 Å². The second-order valence-corrected chi connectivity index (χ2v) is 3.58. The van der Waals surface area contributed by atoms with E-state index in [4.69, 9.17) is 5.73 Å². The molecule has 0 aliphatic heterocycles. The Labute approximate surface area is 102 Å². The molecule has 0 amide bonds. The summed E-state index contributed by atoms with van der Waals surface area (Å²) in [6.45, 7) is 0.483. The summed E-state index contributed by atoms with van der Waals surface area (Å²) in [6.07, 6.45) is 0. The number of hydrogen-bond acceptors (Lipinski definition) is 6. The van der Waals surface area contributed by atoms with E-state index in [0.29, 0.717) is 6.54 Å². The molecule has 18 heavy (non-hydrogen) atoms. The molecule has 2 rings (SSSR count). The van der Waals surface area contributed by atoms with Crippen LogP contribution in [0.1, 0.15) is 5.56 Å². The van der Waals surface area contributed by atoms with E-state index in [9.17, 15) is 9.70 Å². The number of aromatic amines is 1. The average molecular weight is 245 g/mol. The number of nitroso groups, excluding NO2 is 1. The first kappa shape index (κ1) is 11.8. The zero-order valence-corrected chi connectivity index (χ0v) is 9.38. The van der Waals surface area contributed by atoms with Crippen molar-refractivity contribution in [2.75, 3.05) is 11.1 Å². The van der Waals surface area contributed by atoms with Gasteiger partial charge < -0.3 is 11.1 Å². The van der Waals surface area contributed by atoms with Crippen molar-refractivity contribution in [2.45, 2.75) is 6.54 Å². The van der Waals surface area contributed by atoms with E-state index < -0.39 is 11.2 Å². The van der Waals surface area contributed by atoms with Crippen LogP contribution in [-0.4, -0.2) is 9.97 Å². The number of nitrogens with two attached hydrogens (primary N) is 1. The highest BCUT2D eigenvalue weighted by Crippen LogP contribution is 2.14. The molecule has 1 aromatic heterocycles. The van der Waals surface area contributed by atoms with E-state index in [0.717, 1.165) is 5.56 Å². The maximum Gasteiger partial charge on any atom is 0.284 e. The minimum Gasteiger partial charge on any atom is -0.382 e. The van der Waals surface area contributed by atoms with Crippen molar-refractivity contribution >= 4 is 17.5 Å². The Morgan fingerprint density at radius 1 is 1.33 bits per heavy atom. The lowest BCUT2D eigenvalue weighted by Gasteiger charge is -2.06. The Morgan fingerprint density at radius 3 is 2.67 bits per heavy atom. The lowest BCUT2D eigenvalue weighted by atomic mass is 10.2. The van der Waals surface area contributed by atoms with E-state index in [-0.39, 0.29) is 11.8 Å². The number of rotatable bonds is 4. The number of hydrogen-bond donors (Lipinski definition) is 3. The largest absolute Gasteiger partial charge is 0.382 e. The second-order valence-electron chi connectivity index (χ2n) is 3.58. The summed E-state index contributed by atoms with van der Waals surface area (Å²) < 4.78 is 0. The summed E-state index contributed by atoms with van der Waals surface area (Å²) in [4.78, 5) is 27.9. The molecule has 2 aromatic rings. The number of nitrogens with zero attached hydrogens (tertiary/aromatic N) is 2. The Hall–Kier alpha value is -2.70. The Morgan fingerprint density at radius 2 is 2.06 bits per heavy atom. The molecule has 0 saturated carbocycles. The normalized spacial score (nSPS) is 10.0. The summed E-state index contributed by atoms with van der Waals surface area (Å²) in [5.74, 6) is 0.0121. The van der Waals surface area contributed by atoms with Crippen LogP contribution in [0.5, 0.6) is 0 Å². The van der Waals surface area contributed by atoms with Gasteiger partial charge >= 0.3 is 0 Å². The fraction of sp³-hybridized carbons (Fsp3) is 0.0909. The first-order valence-corrected chi connectivity index (χ1v) is 5.21.